The highest BCUT2D eigenvalue weighted by atomic mass is 32.1. The summed E-state index contributed by atoms with van der Waals surface area (Å²) in [5.41, 5.74) is 12.7. The molecule has 0 atom stereocenters. The van der Waals surface area contributed by atoms with Gasteiger partial charge in [0.1, 0.15) is 6.61 Å². The molecule has 5 nitrogen and oxygen atoms in total. The van der Waals surface area contributed by atoms with E-state index in [1.807, 2.05) is 23.1 Å². The molecule has 1 amide bonds. The third-order valence-electron chi connectivity index (χ3n) is 6.37. The van der Waals surface area contributed by atoms with E-state index in [1.54, 1.807) is 0 Å². The van der Waals surface area contributed by atoms with Gasteiger partial charge in [-0.1, -0.05) is 48.5 Å². The van der Waals surface area contributed by atoms with Crippen LogP contribution in [0.25, 0.3) is 11.1 Å². The van der Waals surface area contributed by atoms with Gasteiger partial charge in [0, 0.05) is 49.2 Å². The molecule has 0 bridgehead atoms. The number of hydrogen-bond donors (Lipinski definition) is 2. The number of nitrogens with two attached hydrogens (primary N) is 1. The average Bonchev–Trinajstić information content (AvgIpc) is 3.11. The molecule has 5 rings (SSSR count). The van der Waals surface area contributed by atoms with Crippen LogP contribution in [-0.4, -0.2) is 48.7 Å². The second kappa shape index (κ2) is 8.88. The SMILES string of the molecule is Nc1cc(S)cc(CN2CCN(C(=O)OCC3c4ccccc4-c4ccccc43)CC2)c1. The third kappa shape index (κ3) is 4.20. The molecule has 6 heteroatoms. The molecule has 3 aromatic carbocycles. The Morgan fingerprint density at radius 3 is 2.19 bits per heavy atom. The first-order chi connectivity index (χ1) is 15.6. The monoisotopic (exact) mass is 445 g/mol. The van der Waals surface area contributed by atoms with Gasteiger partial charge >= 0.3 is 6.09 Å². The van der Waals surface area contributed by atoms with Crippen molar-refractivity contribution in [1.82, 2.24) is 9.80 Å². The fourth-order valence-corrected chi connectivity index (χ4v) is 5.14. The summed E-state index contributed by atoms with van der Waals surface area (Å²) in [6.07, 6.45) is -0.229. The number of rotatable bonds is 4. The Morgan fingerprint density at radius 1 is 0.938 bits per heavy atom. The van der Waals surface area contributed by atoms with Gasteiger partial charge < -0.3 is 15.4 Å². The second-order valence-corrected chi connectivity index (χ2v) is 9.02. The highest BCUT2D eigenvalue weighted by molar-refractivity contribution is 7.80. The Labute approximate surface area is 194 Å². The lowest BCUT2D eigenvalue weighted by Gasteiger charge is -2.34. The van der Waals surface area contributed by atoms with Crippen LogP contribution in [0.15, 0.2) is 71.6 Å². The van der Waals surface area contributed by atoms with Gasteiger partial charge in [0.15, 0.2) is 0 Å². The lowest BCUT2D eigenvalue weighted by Crippen LogP contribution is -2.48. The van der Waals surface area contributed by atoms with Gasteiger partial charge in [0.2, 0.25) is 0 Å². The topological polar surface area (TPSA) is 58.8 Å². The minimum Gasteiger partial charge on any atom is -0.448 e. The number of ether oxygens (including phenoxy) is 1. The zero-order valence-corrected chi connectivity index (χ0v) is 18.8. The molecule has 2 N–H and O–H groups in total. The summed E-state index contributed by atoms with van der Waals surface area (Å²) >= 11 is 4.41. The van der Waals surface area contributed by atoms with Crippen LogP contribution >= 0.6 is 12.6 Å². The van der Waals surface area contributed by atoms with Crippen LogP contribution in [0.5, 0.6) is 0 Å². The number of carbonyl (C=O) groups is 1. The molecular weight excluding hydrogens is 418 g/mol. The van der Waals surface area contributed by atoms with Gasteiger partial charge in [0.05, 0.1) is 0 Å². The zero-order chi connectivity index (χ0) is 22.1. The van der Waals surface area contributed by atoms with Gasteiger partial charge in [-0.3, -0.25) is 4.90 Å². The van der Waals surface area contributed by atoms with Gasteiger partial charge in [0.25, 0.3) is 0 Å². The Hall–Kier alpha value is -2.96. The minimum atomic E-state index is -0.229. The fourth-order valence-electron chi connectivity index (χ4n) is 4.82. The van der Waals surface area contributed by atoms with Gasteiger partial charge in [-0.25, -0.2) is 4.79 Å². The number of nitrogen functional groups attached to an aromatic ring is 1. The molecule has 0 saturated carbocycles. The third-order valence-corrected chi connectivity index (χ3v) is 6.63. The summed E-state index contributed by atoms with van der Waals surface area (Å²) in [6, 6.07) is 22.7. The van der Waals surface area contributed by atoms with Crippen LogP contribution in [0, 0.1) is 0 Å². The van der Waals surface area contributed by atoms with E-state index < -0.39 is 0 Å². The summed E-state index contributed by atoms with van der Waals surface area (Å²) < 4.78 is 5.81. The largest absolute Gasteiger partial charge is 0.448 e. The van der Waals surface area contributed by atoms with E-state index in [-0.39, 0.29) is 12.0 Å². The fraction of sp³-hybridized carbons (Fsp3) is 0.269. The molecule has 1 heterocycles. The second-order valence-electron chi connectivity index (χ2n) is 8.50. The maximum absolute atomic E-state index is 12.8. The van der Waals surface area contributed by atoms with Crippen LogP contribution in [0.3, 0.4) is 0 Å². The van der Waals surface area contributed by atoms with Crippen LogP contribution in [0.1, 0.15) is 22.6 Å². The number of benzene rings is 3. The quantitative estimate of drug-likeness (QED) is 0.454. The van der Waals surface area contributed by atoms with Crippen LogP contribution in [0.2, 0.25) is 0 Å². The van der Waals surface area contributed by atoms with E-state index in [2.05, 4.69) is 66.1 Å². The molecular formula is C26H27N3O2S. The van der Waals surface area contributed by atoms with E-state index >= 15 is 0 Å². The van der Waals surface area contributed by atoms with E-state index in [0.29, 0.717) is 19.7 Å². The standard InChI is InChI=1S/C26H27N3O2S/c27-19-13-18(14-20(32)15-19)16-28-9-11-29(12-10-28)26(30)31-17-25-23-7-3-1-5-21(23)22-6-2-4-8-24(22)25/h1-8,13-15,25,32H,9-12,16-17,27H2. The highest BCUT2D eigenvalue weighted by Crippen LogP contribution is 2.44. The Morgan fingerprint density at radius 2 is 1.56 bits per heavy atom. The Balaban J connectivity index is 1.17. The number of hydrogen-bond acceptors (Lipinski definition) is 5. The number of carbonyl (C=O) groups excluding carboxylic acids is 1. The number of thiol groups is 1. The molecule has 1 saturated heterocycles. The summed E-state index contributed by atoms with van der Waals surface area (Å²) in [4.78, 5) is 17.8. The number of anilines is 1. The van der Waals surface area contributed by atoms with Gasteiger partial charge in [-0.2, -0.15) is 0 Å². The number of fused-ring (bicyclic) bond motifs is 3. The molecule has 0 radical (unpaired) electrons. The van der Waals surface area contributed by atoms with E-state index in [0.717, 1.165) is 35.8 Å². The van der Waals surface area contributed by atoms with Crippen LogP contribution in [0.4, 0.5) is 10.5 Å². The normalized spacial score (nSPS) is 16.0. The molecule has 1 fully saturated rings. The van der Waals surface area contributed by atoms with Crippen LogP contribution < -0.4 is 5.73 Å². The first-order valence-corrected chi connectivity index (χ1v) is 11.4. The molecule has 0 unspecified atom stereocenters. The number of piperazine rings is 1. The van der Waals surface area contributed by atoms with Crippen molar-refractivity contribution in [1.29, 1.82) is 0 Å². The molecule has 1 aliphatic carbocycles. The first kappa shape index (κ1) is 20.9. The molecule has 32 heavy (non-hydrogen) atoms. The Kier molecular flexibility index (Phi) is 5.81. The predicted octanol–water partition coefficient (Wildman–Crippen LogP) is 4.62. The van der Waals surface area contributed by atoms with Crippen molar-refractivity contribution in [3.63, 3.8) is 0 Å². The summed E-state index contributed by atoms with van der Waals surface area (Å²) in [5.74, 6) is 0.0895. The van der Waals surface area contributed by atoms with Crippen molar-refractivity contribution in [2.75, 3.05) is 38.5 Å². The molecule has 3 aromatic rings. The maximum Gasteiger partial charge on any atom is 0.409 e. The average molecular weight is 446 g/mol. The summed E-state index contributed by atoms with van der Waals surface area (Å²) in [6.45, 7) is 4.10. The maximum atomic E-state index is 12.8. The summed E-state index contributed by atoms with van der Waals surface area (Å²) in [7, 11) is 0. The van der Waals surface area contributed by atoms with E-state index in [9.17, 15) is 4.79 Å². The zero-order valence-electron chi connectivity index (χ0n) is 17.9. The molecule has 0 aromatic heterocycles. The predicted molar refractivity (Wildman–Crippen MR) is 130 cm³/mol. The van der Waals surface area contributed by atoms with E-state index in [1.165, 1.54) is 22.3 Å². The van der Waals surface area contributed by atoms with Crippen molar-refractivity contribution in [2.45, 2.75) is 17.4 Å². The lowest BCUT2D eigenvalue weighted by atomic mass is 9.98. The van der Waals surface area contributed by atoms with Crippen molar-refractivity contribution >= 4 is 24.4 Å². The highest BCUT2D eigenvalue weighted by Gasteiger charge is 2.30. The van der Waals surface area contributed by atoms with Gasteiger partial charge in [-0.05, 0) is 46.0 Å². The number of amides is 1. The number of nitrogens with zero attached hydrogens (tertiary/aromatic N) is 2. The first-order valence-electron chi connectivity index (χ1n) is 11.0. The molecule has 164 valence electrons. The minimum absolute atomic E-state index is 0.0895. The van der Waals surface area contributed by atoms with Crippen molar-refractivity contribution in [3.05, 3.63) is 83.4 Å². The van der Waals surface area contributed by atoms with Crippen LogP contribution in [-0.2, 0) is 11.3 Å². The van der Waals surface area contributed by atoms with Crippen molar-refractivity contribution < 1.29 is 9.53 Å². The molecule has 2 aliphatic rings. The van der Waals surface area contributed by atoms with E-state index in [4.69, 9.17) is 10.5 Å². The van der Waals surface area contributed by atoms with Crippen molar-refractivity contribution in [2.24, 2.45) is 0 Å². The Bertz CT molecular complexity index is 1080. The van der Waals surface area contributed by atoms with Crippen molar-refractivity contribution in [3.8, 4) is 11.1 Å². The lowest BCUT2D eigenvalue weighted by molar-refractivity contribution is 0.0728. The van der Waals surface area contributed by atoms with Gasteiger partial charge in [-0.15, -0.1) is 12.6 Å². The molecule has 1 aliphatic heterocycles. The summed E-state index contributed by atoms with van der Waals surface area (Å²) in [5, 5.41) is 0. The smallest absolute Gasteiger partial charge is 0.409 e. The molecule has 0 spiro atoms.